The maximum atomic E-state index is 12.9. The highest BCUT2D eigenvalue weighted by Crippen LogP contribution is 2.23. The molecule has 1 fully saturated rings. The highest BCUT2D eigenvalue weighted by molar-refractivity contribution is 5.76. The number of amides is 1. The lowest BCUT2D eigenvalue weighted by Gasteiger charge is -2.40. The van der Waals surface area contributed by atoms with Crippen LogP contribution in [0.25, 0.3) is 0 Å². The molecule has 0 aromatic carbocycles. The summed E-state index contributed by atoms with van der Waals surface area (Å²) in [7, 11) is 0. The molecule has 1 amide bonds. The van der Waals surface area contributed by atoms with Gasteiger partial charge < -0.3 is 40.3 Å². The summed E-state index contributed by atoms with van der Waals surface area (Å²) in [6.45, 7) is 3.84. The fourth-order valence-corrected chi connectivity index (χ4v) is 7.34. The van der Waals surface area contributed by atoms with Gasteiger partial charge >= 0.3 is 0 Å². The number of aliphatic hydroxyl groups excluding tert-OH is 5. The molecule has 0 aromatic heterocycles. The zero-order valence-corrected chi connectivity index (χ0v) is 33.8. The molecular formula is C43H85NO8. The summed E-state index contributed by atoms with van der Waals surface area (Å²) in [6.07, 6.45) is 29.6. The van der Waals surface area contributed by atoms with E-state index in [9.17, 15) is 30.3 Å². The van der Waals surface area contributed by atoms with E-state index in [4.69, 9.17) is 9.47 Å². The average molecular weight is 744 g/mol. The second-order valence-electron chi connectivity index (χ2n) is 15.9. The Morgan fingerprint density at radius 3 is 1.37 bits per heavy atom. The Balaban J connectivity index is 2.34. The Hall–Kier alpha value is -0.810. The van der Waals surface area contributed by atoms with Crippen LogP contribution in [0.2, 0.25) is 0 Å². The van der Waals surface area contributed by atoms with Crippen LogP contribution < -0.4 is 5.32 Å². The van der Waals surface area contributed by atoms with Gasteiger partial charge in [-0.1, -0.05) is 194 Å². The summed E-state index contributed by atoms with van der Waals surface area (Å²) in [5, 5.41) is 54.3. The molecule has 1 heterocycles. The van der Waals surface area contributed by atoms with Gasteiger partial charge in [-0.05, 0) is 12.8 Å². The van der Waals surface area contributed by atoms with Crippen molar-refractivity contribution in [2.45, 2.75) is 256 Å². The predicted octanol–water partition coefficient (Wildman–Crippen LogP) is 8.78. The molecule has 1 rings (SSSR count). The number of hydrogen-bond donors (Lipinski definition) is 6. The average Bonchev–Trinajstić information content (AvgIpc) is 3.14. The molecule has 1 saturated heterocycles. The van der Waals surface area contributed by atoms with Crippen LogP contribution in [-0.2, 0) is 14.3 Å². The highest BCUT2D eigenvalue weighted by atomic mass is 16.7. The number of nitrogens with one attached hydrogen (secondary N) is 1. The number of aliphatic hydroxyl groups is 5. The van der Waals surface area contributed by atoms with E-state index >= 15 is 0 Å². The smallest absolute Gasteiger partial charge is 0.220 e. The van der Waals surface area contributed by atoms with Gasteiger partial charge in [0.15, 0.2) is 6.29 Å². The molecular weight excluding hydrogens is 658 g/mol. The lowest BCUT2D eigenvalue weighted by atomic mass is 9.99. The number of unbranched alkanes of at least 4 members (excludes halogenated alkanes) is 27. The first kappa shape index (κ1) is 49.2. The lowest BCUT2D eigenvalue weighted by molar-refractivity contribution is -0.302. The predicted molar refractivity (Wildman–Crippen MR) is 212 cm³/mol. The summed E-state index contributed by atoms with van der Waals surface area (Å²) in [5.74, 6) is -0.142. The molecule has 7 atom stereocenters. The number of ether oxygens (including phenoxy) is 2. The van der Waals surface area contributed by atoms with Crippen LogP contribution in [-0.4, -0.2) is 87.5 Å². The lowest BCUT2D eigenvalue weighted by Crippen LogP contribution is -2.60. The number of rotatable bonds is 37. The van der Waals surface area contributed by atoms with Crippen LogP contribution in [0.3, 0.4) is 0 Å². The fourth-order valence-electron chi connectivity index (χ4n) is 7.34. The van der Waals surface area contributed by atoms with Crippen molar-refractivity contribution in [3.63, 3.8) is 0 Å². The summed E-state index contributed by atoms with van der Waals surface area (Å²) >= 11 is 0. The first-order valence-corrected chi connectivity index (χ1v) is 22.2. The Morgan fingerprint density at radius 2 is 0.962 bits per heavy atom. The van der Waals surface area contributed by atoms with Crippen molar-refractivity contribution in [2.24, 2.45) is 0 Å². The Morgan fingerprint density at radius 1 is 0.577 bits per heavy atom. The molecule has 0 aliphatic carbocycles. The van der Waals surface area contributed by atoms with E-state index in [-0.39, 0.29) is 12.5 Å². The Bertz CT molecular complexity index is 786. The van der Waals surface area contributed by atoms with Gasteiger partial charge in [-0.2, -0.15) is 0 Å². The van der Waals surface area contributed by atoms with Crippen LogP contribution in [0.15, 0.2) is 0 Å². The fraction of sp³-hybridized carbons (Fsp3) is 0.977. The van der Waals surface area contributed by atoms with Crippen molar-refractivity contribution in [3.8, 4) is 0 Å². The second-order valence-corrected chi connectivity index (χ2v) is 15.9. The summed E-state index contributed by atoms with van der Waals surface area (Å²) in [4.78, 5) is 12.9. The third-order valence-electron chi connectivity index (χ3n) is 11.0. The Labute approximate surface area is 319 Å². The summed E-state index contributed by atoms with van der Waals surface area (Å²) in [6, 6.07) is -0.710. The minimum Gasteiger partial charge on any atom is -0.394 e. The van der Waals surface area contributed by atoms with E-state index in [1.807, 2.05) is 0 Å². The van der Waals surface area contributed by atoms with E-state index in [1.165, 1.54) is 148 Å². The maximum Gasteiger partial charge on any atom is 0.220 e. The third kappa shape index (κ3) is 25.3. The van der Waals surface area contributed by atoms with Crippen molar-refractivity contribution in [2.75, 3.05) is 13.2 Å². The molecule has 2 unspecified atom stereocenters. The molecule has 0 aromatic rings. The molecule has 0 radical (unpaired) electrons. The Kier molecular flexibility index (Phi) is 32.8. The molecule has 1 aliphatic heterocycles. The molecule has 310 valence electrons. The summed E-state index contributed by atoms with van der Waals surface area (Å²) in [5.41, 5.74) is 0. The van der Waals surface area contributed by atoms with Gasteiger partial charge in [0.2, 0.25) is 5.91 Å². The number of carbonyl (C=O) groups excluding carboxylic acids is 1. The van der Waals surface area contributed by atoms with Crippen molar-refractivity contribution in [1.29, 1.82) is 0 Å². The highest BCUT2D eigenvalue weighted by Gasteiger charge is 2.44. The van der Waals surface area contributed by atoms with Crippen molar-refractivity contribution < 1.29 is 39.8 Å². The van der Waals surface area contributed by atoms with Crippen molar-refractivity contribution in [1.82, 2.24) is 5.32 Å². The first-order chi connectivity index (χ1) is 25.3. The third-order valence-corrected chi connectivity index (χ3v) is 11.0. The molecule has 0 bridgehead atoms. The maximum absolute atomic E-state index is 12.9. The first-order valence-electron chi connectivity index (χ1n) is 22.2. The van der Waals surface area contributed by atoms with Gasteiger partial charge in [0.25, 0.3) is 0 Å². The van der Waals surface area contributed by atoms with E-state index in [2.05, 4.69) is 19.2 Å². The van der Waals surface area contributed by atoms with E-state index in [0.717, 1.165) is 38.5 Å². The van der Waals surface area contributed by atoms with E-state index in [0.29, 0.717) is 12.8 Å². The van der Waals surface area contributed by atoms with Gasteiger partial charge in [0.1, 0.15) is 24.4 Å². The van der Waals surface area contributed by atoms with Crippen LogP contribution in [0.1, 0.15) is 213 Å². The molecule has 9 nitrogen and oxygen atoms in total. The standard InChI is InChI=1S/C43H85NO8/c1-3-5-7-9-11-13-15-17-18-19-21-22-24-26-28-30-32-37(46)36(35-51-43-42(50)41(49)40(48)38(34-45)52-43)44-39(47)33-31-29-27-25-23-20-16-14-12-10-8-6-4-2/h36-38,40-43,45-46,48-50H,3-35H2,1-2H3,(H,44,47)/t36-,37+,38+,40-,41?,42?,43+/m0/s1. The SMILES string of the molecule is CCCCCCCCCCCCCCCCCC[C@@H](O)[C@H](CO[C@@H]1O[C@H](CO)[C@H](O)C(O)C1O)NC(=O)CCCCCCCCCCCCCCC. The monoisotopic (exact) mass is 744 g/mol. The van der Waals surface area contributed by atoms with Crippen LogP contribution in [0.4, 0.5) is 0 Å². The molecule has 52 heavy (non-hydrogen) atoms. The van der Waals surface area contributed by atoms with E-state index < -0.39 is 49.5 Å². The van der Waals surface area contributed by atoms with Crippen LogP contribution >= 0.6 is 0 Å². The number of carbonyl (C=O) groups is 1. The molecule has 6 N–H and O–H groups in total. The van der Waals surface area contributed by atoms with Gasteiger partial charge in [-0.15, -0.1) is 0 Å². The van der Waals surface area contributed by atoms with Gasteiger partial charge in [0.05, 0.1) is 25.4 Å². The normalized spacial score (nSPS) is 21.7. The van der Waals surface area contributed by atoms with Crippen LogP contribution in [0, 0.1) is 0 Å². The van der Waals surface area contributed by atoms with Crippen molar-refractivity contribution in [3.05, 3.63) is 0 Å². The van der Waals surface area contributed by atoms with E-state index in [1.54, 1.807) is 0 Å². The zero-order chi connectivity index (χ0) is 38.1. The molecule has 9 heteroatoms. The largest absolute Gasteiger partial charge is 0.394 e. The van der Waals surface area contributed by atoms with Gasteiger partial charge in [0, 0.05) is 6.42 Å². The summed E-state index contributed by atoms with van der Waals surface area (Å²) < 4.78 is 11.2. The second kappa shape index (κ2) is 34.7. The zero-order valence-electron chi connectivity index (χ0n) is 33.8. The minimum atomic E-state index is -1.55. The van der Waals surface area contributed by atoms with Crippen molar-refractivity contribution >= 4 is 5.91 Å². The van der Waals surface area contributed by atoms with Gasteiger partial charge in [-0.25, -0.2) is 0 Å². The molecule has 0 spiro atoms. The minimum absolute atomic E-state index is 0.132. The molecule has 0 saturated carbocycles. The number of hydrogen-bond acceptors (Lipinski definition) is 8. The molecule has 1 aliphatic rings. The van der Waals surface area contributed by atoms with Gasteiger partial charge in [-0.3, -0.25) is 4.79 Å². The topological polar surface area (TPSA) is 149 Å². The quantitative estimate of drug-likeness (QED) is 0.0346. The van der Waals surface area contributed by atoms with Crippen LogP contribution in [0.5, 0.6) is 0 Å².